The van der Waals surface area contributed by atoms with Crippen molar-refractivity contribution < 1.29 is 18.3 Å². The Balaban J connectivity index is 2.79. The SMILES string of the molecule is CSC(C)CNS(=O)(=O)c1c[nH]c(C(=O)O)c1. The molecule has 0 aliphatic carbocycles. The fourth-order valence-corrected chi connectivity index (χ4v) is 2.53. The summed E-state index contributed by atoms with van der Waals surface area (Å²) < 4.78 is 25.9. The van der Waals surface area contributed by atoms with Crippen LogP contribution in [0.2, 0.25) is 0 Å². The minimum absolute atomic E-state index is 0.0665. The molecule has 0 aromatic carbocycles. The van der Waals surface area contributed by atoms with Crippen molar-refractivity contribution in [2.45, 2.75) is 17.1 Å². The van der Waals surface area contributed by atoms with E-state index in [4.69, 9.17) is 5.11 Å². The smallest absolute Gasteiger partial charge is 0.352 e. The maximum absolute atomic E-state index is 11.8. The van der Waals surface area contributed by atoms with E-state index in [0.29, 0.717) is 6.54 Å². The molecule has 0 radical (unpaired) electrons. The van der Waals surface area contributed by atoms with Gasteiger partial charge in [-0.25, -0.2) is 17.9 Å². The number of aromatic nitrogens is 1. The number of carbonyl (C=O) groups is 1. The number of sulfonamides is 1. The van der Waals surface area contributed by atoms with Crippen LogP contribution in [-0.4, -0.2) is 42.5 Å². The van der Waals surface area contributed by atoms with E-state index in [1.165, 1.54) is 0 Å². The third kappa shape index (κ3) is 3.76. The van der Waals surface area contributed by atoms with Crippen LogP contribution in [0.1, 0.15) is 17.4 Å². The van der Waals surface area contributed by atoms with Gasteiger partial charge in [0.2, 0.25) is 10.0 Å². The first-order valence-electron chi connectivity index (χ1n) is 4.81. The molecule has 0 amide bonds. The van der Waals surface area contributed by atoms with E-state index in [1.807, 2.05) is 13.2 Å². The molecule has 3 N–H and O–H groups in total. The largest absolute Gasteiger partial charge is 0.477 e. The molecule has 1 aromatic rings. The Morgan fingerprint density at radius 2 is 2.29 bits per heavy atom. The van der Waals surface area contributed by atoms with E-state index < -0.39 is 16.0 Å². The van der Waals surface area contributed by atoms with Crippen LogP contribution in [0.3, 0.4) is 0 Å². The highest BCUT2D eigenvalue weighted by molar-refractivity contribution is 7.99. The molecule has 0 saturated carbocycles. The number of carboxylic acids is 1. The monoisotopic (exact) mass is 278 g/mol. The van der Waals surface area contributed by atoms with Crippen LogP contribution in [0.15, 0.2) is 17.2 Å². The van der Waals surface area contributed by atoms with E-state index in [9.17, 15) is 13.2 Å². The quantitative estimate of drug-likeness (QED) is 0.713. The number of aromatic carboxylic acids is 1. The number of nitrogens with one attached hydrogen (secondary N) is 2. The molecule has 1 unspecified atom stereocenters. The van der Waals surface area contributed by atoms with Crippen LogP contribution in [-0.2, 0) is 10.0 Å². The predicted molar refractivity (Wildman–Crippen MR) is 65.9 cm³/mol. The van der Waals surface area contributed by atoms with Crippen LogP contribution < -0.4 is 4.72 Å². The molecule has 1 rings (SSSR count). The van der Waals surface area contributed by atoms with Crippen LogP contribution in [0.4, 0.5) is 0 Å². The van der Waals surface area contributed by atoms with Gasteiger partial charge < -0.3 is 10.1 Å². The Labute approximate surface area is 104 Å². The third-order valence-electron chi connectivity index (χ3n) is 2.16. The first kappa shape index (κ1) is 14.1. The van der Waals surface area contributed by atoms with Crippen molar-refractivity contribution in [1.29, 1.82) is 0 Å². The molecular formula is C9H14N2O4S2. The fourth-order valence-electron chi connectivity index (χ4n) is 1.05. The van der Waals surface area contributed by atoms with Gasteiger partial charge in [0.05, 0.1) is 0 Å². The van der Waals surface area contributed by atoms with E-state index in [1.54, 1.807) is 11.8 Å². The van der Waals surface area contributed by atoms with Gasteiger partial charge in [-0.3, -0.25) is 0 Å². The first-order valence-corrected chi connectivity index (χ1v) is 7.58. The van der Waals surface area contributed by atoms with Gasteiger partial charge in [-0.1, -0.05) is 6.92 Å². The van der Waals surface area contributed by atoms with E-state index in [2.05, 4.69) is 9.71 Å². The molecule has 0 bridgehead atoms. The predicted octanol–water partition coefficient (Wildman–Crippen LogP) is 0.743. The first-order chi connectivity index (χ1) is 7.86. The number of hydrogen-bond donors (Lipinski definition) is 3. The highest BCUT2D eigenvalue weighted by atomic mass is 32.2. The lowest BCUT2D eigenvalue weighted by molar-refractivity contribution is 0.0691. The van der Waals surface area contributed by atoms with Crippen LogP contribution in [0, 0.1) is 0 Å². The van der Waals surface area contributed by atoms with Gasteiger partial charge in [0.25, 0.3) is 0 Å². The molecule has 6 nitrogen and oxygen atoms in total. The van der Waals surface area contributed by atoms with E-state index >= 15 is 0 Å². The Kier molecular flexibility index (Phi) is 4.61. The molecule has 17 heavy (non-hydrogen) atoms. The lowest BCUT2D eigenvalue weighted by Crippen LogP contribution is -2.29. The van der Waals surface area contributed by atoms with E-state index in [-0.39, 0.29) is 15.8 Å². The summed E-state index contributed by atoms with van der Waals surface area (Å²) in [4.78, 5) is 12.9. The highest BCUT2D eigenvalue weighted by Crippen LogP contribution is 2.11. The molecule has 0 saturated heterocycles. The summed E-state index contributed by atoms with van der Waals surface area (Å²) in [6.07, 6.45) is 3.05. The maximum Gasteiger partial charge on any atom is 0.352 e. The van der Waals surface area contributed by atoms with E-state index in [0.717, 1.165) is 12.3 Å². The highest BCUT2D eigenvalue weighted by Gasteiger charge is 2.18. The van der Waals surface area contributed by atoms with Gasteiger partial charge in [0.1, 0.15) is 10.6 Å². The molecule has 1 aromatic heterocycles. The molecular weight excluding hydrogens is 264 g/mol. The molecule has 0 aliphatic rings. The summed E-state index contributed by atoms with van der Waals surface area (Å²) in [5.74, 6) is -1.19. The van der Waals surface area contributed by atoms with Crippen LogP contribution in [0.5, 0.6) is 0 Å². The minimum atomic E-state index is -3.64. The molecule has 0 fully saturated rings. The van der Waals surface area contributed by atoms with Crippen molar-refractivity contribution in [3.63, 3.8) is 0 Å². The van der Waals surface area contributed by atoms with Crippen molar-refractivity contribution in [1.82, 2.24) is 9.71 Å². The Morgan fingerprint density at radius 3 is 2.76 bits per heavy atom. The van der Waals surface area contributed by atoms with Crippen LogP contribution >= 0.6 is 11.8 Å². The summed E-state index contributed by atoms with van der Waals surface area (Å²) >= 11 is 1.54. The van der Waals surface area contributed by atoms with Crippen molar-refractivity contribution in [3.05, 3.63) is 18.0 Å². The van der Waals surface area contributed by atoms with Crippen molar-refractivity contribution in [3.8, 4) is 0 Å². The zero-order valence-electron chi connectivity index (χ0n) is 9.43. The molecule has 0 spiro atoms. The molecule has 8 heteroatoms. The molecule has 0 aliphatic heterocycles. The lowest BCUT2D eigenvalue weighted by Gasteiger charge is -2.09. The van der Waals surface area contributed by atoms with Crippen LogP contribution in [0.25, 0.3) is 0 Å². The number of hydrogen-bond acceptors (Lipinski definition) is 4. The van der Waals surface area contributed by atoms with Gasteiger partial charge in [0, 0.05) is 18.0 Å². The lowest BCUT2D eigenvalue weighted by atomic mass is 10.4. The Morgan fingerprint density at radius 1 is 1.65 bits per heavy atom. The van der Waals surface area contributed by atoms with Gasteiger partial charge in [-0.2, -0.15) is 11.8 Å². The summed E-state index contributed by atoms with van der Waals surface area (Å²) in [7, 11) is -3.64. The minimum Gasteiger partial charge on any atom is -0.477 e. The molecule has 1 atom stereocenters. The third-order valence-corrected chi connectivity index (χ3v) is 4.53. The second-order valence-electron chi connectivity index (χ2n) is 3.45. The van der Waals surface area contributed by atoms with Crippen molar-refractivity contribution >= 4 is 27.8 Å². The zero-order chi connectivity index (χ0) is 13.1. The standard InChI is InChI=1S/C9H14N2O4S2/c1-6(16-2)4-11-17(14,15)7-3-8(9(12)13)10-5-7/h3,5-6,10-11H,4H2,1-2H3,(H,12,13). The van der Waals surface area contributed by atoms with Gasteiger partial charge in [0.15, 0.2) is 0 Å². The summed E-state index contributed by atoms with van der Waals surface area (Å²) in [6, 6.07) is 1.09. The molecule has 1 heterocycles. The average Bonchev–Trinajstić information content (AvgIpc) is 2.76. The second-order valence-corrected chi connectivity index (χ2v) is 6.50. The van der Waals surface area contributed by atoms with Gasteiger partial charge >= 0.3 is 5.97 Å². The molecule has 96 valence electrons. The zero-order valence-corrected chi connectivity index (χ0v) is 11.1. The fraction of sp³-hybridized carbons (Fsp3) is 0.444. The number of aromatic amines is 1. The number of carboxylic acid groups (broad SMARTS) is 1. The van der Waals surface area contributed by atoms with Gasteiger partial charge in [-0.05, 0) is 12.3 Å². The number of rotatable bonds is 6. The average molecular weight is 278 g/mol. The summed E-state index contributed by atoms with van der Waals surface area (Å²) in [5.41, 5.74) is -0.150. The Hall–Kier alpha value is -0.990. The number of H-pyrrole nitrogens is 1. The summed E-state index contributed by atoms with van der Waals surface area (Å²) in [5, 5.41) is 8.83. The van der Waals surface area contributed by atoms with Crippen molar-refractivity contribution in [2.75, 3.05) is 12.8 Å². The number of thioether (sulfide) groups is 1. The maximum atomic E-state index is 11.8. The summed E-state index contributed by atoms with van der Waals surface area (Å²) in [6.45, 7) is 2.20. The Bertz CT molecular complexity index is 495. The topological polar surface area (TPSA) is 99.3 Å². The van der Waals surface area contributed by atoms with Gasteiger partial charge in [-0.15, -0.1) is 0 Å². The normalized spacial score (nSPS) is 13.5. The second kappa shape index (κ2) is 5.56. The van der Waals surface area contributed by atoms with Crippen molar-refractivity contribution in [2.24, 2.45) is 0 Å².